The van der Waals surface area contributed by atoms with Crippen molar-refractivity contribution in [2.24, 2.45) is 0 Å². The van der Waals surface area contributed by atoms with Crippen LogP contribution in [0.4, 0.5) is 11.9 Å². The van der Waals surface area contributed by atoms with Crippen molar-refractivity contribution in [3.63, 3.8) is 0 Å². The van der Waals surface area contributed by atoms with E-state index < -0.39 is 0 Å². The van der Waals surface area contributed by atoms with Crippen LogP contribution in [0.3, 0.4) is 0 Å². The van der Waals surface area contributed by atoms with E-state index in [0.717, 1.165) is 55.7 Å². The van der Waals surface area contributed by atoms with Crippen LogP contribution in [0.2, 0.25) is 0 Å². The highest BCUT2D eigenvalue weighted by Gasteiger charge is 2.54. The molecule has 0 saturated heterocycles. The predicted molar refractivity (Wildman–Crippen MR) is 165 cm³/mol. The molecule has 0 spiro atoms. The minimum Gasteiger partial charge on any atom is -0.437 e. The highest BCUT2D eigenvalue weighted by atomic mass is 16.3. The van der Waals surface area contributed by atoms with Crippen molar-refractivity contribution in [3.8, 4) is 22.4 Å². The number of hydrogen-bond donors (Lipinski definition) is 0. The molecule has 0 atom stereocenters. The van der Waals surface area contributed by atoms with E-state index in [1.807, 2.05) is 30.3 Å². The van der Waals surface area contributed by atoms with Crippen LogP contribution >= 0.6 is 0 Å². The molecule has 1 aliphatic rings. The number of nitrogens with zero attached hydrogens (tertiary/aromatic N) is 5. The Bertz CT molecular complexity index is 2120. The van der Waals surface area contributed by atoms with Gasteiger partial charge in [0.25, 0.3) is 0 Å². The monoisotopic (exact) mass is 535 g/mol. The molecule has 0 radical (unpaired) electrons. The van der Waals surface area contributed by atoms with Crippen LogP contribution in [0.25, 0.3) is 55.5 Å². The van der Waals surface area contributed by atoms with Crippen LogP contribution in [0.15, 0.2) is 108 Å². The number of rotatable bonds is 3. The van der Waals surface area contributed by atoms with E-state index in [1.165, 1.54) is 0 Å². The van der Waals surface area contributed by atoms with Gasteiger partial charge in [0.2, 0.25) is 17.6 Å². The zero-order valence-corrected chi connectivity index (χ0v) is 23.5. The summed E-state index contributed by atoms with van der Waals surface area (Å²) in [6.45, 7) is 8.99. The lowest BCUT2D eigenvalue weighted by atomic mass is 9.82. The lowest BCUT2D eigenvalue weighted by Crippen LogP contribution is -2.51. The molecule has 0 N–H and O–H groups in total. The highest BCUT2D eigenvalue weighted by molar-refractivity contribution is 6.10. The van der Waals surface area contributed by atoms with Gasteiger partial charge in [-0.2, -0.15) is 4.98 Å². The molecule has 8 rings (SSSR count). The number of para-hydroxylation sites is 3. The van der Waals surface area contributed by atoms with Gasteiger partial charge in [0.1, 0.15) is 5.58 Å². The van der Waals surface area contributed by atoms with E-state index in [2.05, 4.69) is 110 Å². The Balaban J connectivity index is 1.42. The van der Waals surface area contributed by atoms with Gasteiger partial charge < -0.3 is 8.98 Å². The summed E-state index contributed by atoms with van der Waals surface area (Å²) in [6, 6.07) is 35.4. The Kier molecular flexibility index (Phi) is 4.82. The van der Waals surface area contributed by atoms with Gasteiger partial charge in [0.15, 0.2) is 0 Å². The maximum absolute atomic E-state index is 6.39. The second-order valence-corrected chi connectivity index (χ2v) is 11.8. The van der Waals surface area contributed by atoms with Gasteiger partial charge in [0, 0.05) is 10.9 Å². The summed E-state index contributed by atoms with van der Waals surface area (Å²) < 4.78 is 8.72. The fourth-order valence-electron chi connectivity index (χ4n) is 6.25. The summed E-state index contributed by atoms with van der Waals surface area (Å²) in [6.07, 6.45) is 0. The first-order valence-corrected chi connectivity index (χ1v) is 14.0. The number of anilines is 2. The molecule has 0 bridgehead atoms. The van der Waals surface area contributed by atoms with Gasteiger partial charge in [0.05, 0.1) is 33.2 Å². The average Bonchev–Trinajstić information content (AvgIpc) is 3.60. The zero-order chi connectivity index (χ0) is 27.9. The molecular weight excluding hydrogens is 506 g/mol. The standard InChI is InChI=1S/C35H29N5O/c1-34(2)35(3,4)40(33-36-26-18-9-10-19-27(26)39(33)34)32-37-30(29-25-17-8-11-20-28(25)41-31(29)38-32)24-16-12-15-23(21-24)22-13-6-5-7-14-22/h5-21H,1-4H3. The molecule has 4 heterocycles. The van der Waals surface area contributed by atoms with Crippen molar-refractivity contribution in [3.05, 3.63) is 103 Å². The third-order valence-electron chi connectivity index (χ3n) is 9.03. The molecule has 6 nitrogen and oxygen atoms in total. The number of aromatic nitrogens is 4. The quantitative estimate of drug-likeness (QED) is 0.226. The second-order valence-electron chi connectivity index (χ2n) is 11.8. The van der Waals surface area contributed by atoms with E-state index in [9.17, 15) is 0 Å². The first kappa shape index (κ1) is 23.9. The third kappa shape index (κ3) is 3.27. The first-order chi connectivity index (χ1) is 19.8. The Morgan fingerprint density at radius 3 is 2.20 bits per heavy atom. The Morgan fingerprint density at radius 1 is 0.634 bits per heavy atom. The van der Waals surface area contributed by atoms with Gasteiger partial charge in [-0.05, 0) is 63.1 Å². The Labute approximate surface area is 237 Å². The molecule has 3 aromatic heterocycles. The highest BCUT2D eigenvalue weighted by Crippen LogP contribution is 2.51. The van der Waals surface area contributed by atoms with Gasteiger partial charge in [-0.15, -0.1) is 0 Å². The Hall–Kier alpha value is -4.97. The molecule has 0 fully saturated rings. The Morgan fingerprint density at radius 2 is 1.34 bits per heavy atom. The SMILES string of the molecule is CC1(C)N(c2nc(-c3cccc(-c4ccccc4)c3)c3c(n2)oc2ccccc23)c2nc3ccccc3n2C1(C)C. The van der Waals surface area contributed by atoms with E-state index in [1.54, 1.807) is 0 Å². The van der Waals surface area contributed by atoms with E-state index >= 15 is 0 Å². The molecule has 0 unspecified atom stereocenters. The summed E-state index contributed by atoms with van der Waals surface area (Å²) in [5.74, 6) is 1.41. The van der Waals surface area contributed by atoms with Crippen molar-refractivity contribution in [2.45, 2.75) is 38.8 Å². The van der Waals surface area contributed by atoms with Crippen LogP contribution < -0.4 is 4.90 Å². The number of hydrogen-bond acceptors (Lipinski definition) is 5. The molecule has 7 aromatic rings. The van der Waals surface area contributed by atoms with Crippen molar-refractivity contribution in [1.82, 2.24) is 19.5 Å². The van der Waals surface area contributed by atoms with Crippen molar-refractivity contribution in [2.75, 3.05) is 4.90 Å². The van der Waals surface area contributed by atoms with Gasteiger partial charge >= 0.3 is 0 Å². The number of benzene rings is 4. The number of imidazole rings is 1. The van der Waals surface area contributed by atoms with Crippen molar-refractivity contribution in [1.29, 1.82) is 0 Å². The maximum atomic E-state index is 6.39. The fraction of sp³-hybridized carbons (Fsp3) is 0.171. The number of fused-ring (bicyclic) bond motifs is 6. The summed E-state index contributed by atoms with van der Waals surface area (Å²) in [7, 11) is 0. The predicted octanol–water partition coefficient (Wildman–Crippen LogP) is 8.73. The van der Waals surface area contributed by atoms with Crippen molar-refractivity contribution < 1.29 is 4.42 Å². The van der Waals surface area contributed by atoms with E-state index in [4.69, 9.17) is 19.4 Å². The molecule has 4 aromatic carbocycles. The van der Waals surface area contributed by atoms with Crippen molar-refractivity contribution >= 4 is 45.0 Å². The van der Waals surface area contributed by atoms with Crippen LogP contribution in [-0.4, -0.2) is 25.1 Å². The van der Waals surface area contributed by atoms with Crippen LogP contribution in [-0.2, 0) is 5.54 Å². The third-order valence-corrected chi connectivity index (χ3v) is 9.03. The summed E-state index contributed by atoms with van der Waals surface area (Å²) in [5, 5.41) is 1.92. The molecule has 6 heteroatoms. The minimum atomic E-state index is -0.387. The molecule has 0 aliphatic carbocycles. The summed E-state index contributed by atoms with van der Waals surface area (Å²) in [5.41, 5.74) is 6.89. The lowest BCUT2D eigenvalue weighted by molar-refractivity contribution is 0.251. The summed E-state index contributed by atoms with van der Waals surface area (Å²) >= 11 is 0. The van der Waals surface area contributed by atoms with Gasteiger partial charge in [-0.25, -0.2) is 9.97 Å². The molecule has 41 heavy (non-hydrogen) atoms. The first-order valence-electron chi connectivity index (χ1n) is 14.0. The largest absolute Gasteiger partial charge is 0.437 e. The van der Waals surface area contributed by atoms with Crippen LogP contribution in [0.1, 0.15) is 27.7 Å². The molecule has 200 valence electrons. The van der Waals surface area contributed by atoms with E-state index in [-0.39, 0.29) is 11.1 Å². The fourth-order valence-corrected chi connectivity index (χ4v) is 6.25. The topological polar surface area (TPSA) is 60.0 Å². The summed E-state index contributed by atoms with van der Waals surface area (Å²) in [4.78, 5) is 17.7. The normalized spacial score (nSPS) is 15.7. The number of furan rings is 1. The van der Waals surface area contributed by atoms with Crippen LogP contribution in [0.5, 0.6) is 0 Å². The smallest absolute Gasteiger partial charge is 0.236 e. The maximum Gasteiger partial charge on any atom is 0.236 e. The lowest BCUT2D eigenvalue weighted by Gasteiger charge is -2.40. The molecule has 0 amide bonds. The van der Waals surface area contributed by atoms with Gasteiger partial charge in [-0.3, -0.25) is 4.90 Å². The zero-order valence-electron chi connectivity index (χ0n) is 23.5. The molecular formula is C35H29N5O. The second kappa shape index (κ2) is 8.27. The van der Waals surface area contributed by atoms with Gasteiger partial charge in [-0.1, -0.05) is 78.9 Å². The molecule has 1 aliphatic heterocycles. The molecule has 0 saturated carbocycles. The minimum absolute atomic E-state index is 0.294. The van der Waals surface area contributed by atoms with Crippen LogP contribution in [0, 0.1) is 0 Å². The van der Waals surface area contributed by atoms with E-state index in [0.29, 0.717) is 11.7 Å². The average molecular weight is 536 g/mol.